The quantitative estimate of drug-likeness (QED) is 0.636. The molecule has 6 nitrogen and oxygen atoms in total. The molecule has 0 saturated heterocycles. The summed E-state index contributed by atoms with van der Waals surface area (Å²) in [6, 6.07) is 14.8. The van der Waals surface area contributed by atoms with Crippen LogP contribution in [0.4, 0.5) is 0 Å². The zero-order valence-corrected chi connectivity index (χ0v) is 17.8. The Kier molecular flexibility index (Phi) is 5.38. The van der Waals surface area contributed by atoms with E-state index in [4.69, 9.17) is 14.6 Å². The summed E-state index contributed by atoms with van der Waals surface area (Å²) >= 11 is 0. The molecule has 1 aromatic heterocycles. The van der Waals surface area contributed by atoms with Crippen LogP contribution in [-0.4, -0.2) is 28.7 Å². The highest BCUT2D eigenvalue weighted by Gasteiger charge is 2.24. The standard InChI is InChI=1S/C25H26N4O2/c1-16-6-7-18(10-17(16)2)11-21-15-30-29-25(28-21)23-13-26-27-14-24(23)31-22-5-3-4-20(12-22)19-8-9-19/h3-7,10,12-14,19,21H,8-9,11,15H2,1-2H3,(H,28,29)/t21-/m1/s1. The molecule has 5 rings (SSSR count). The third-order valence-corrected chi connectivity index (χ3v) is 5.88. The minimum Gasteiger partial charge on any atom is -0.455 e. The molecule has 0 spiro atoms. The van der Waals surface area contributed by atoms with Crippen LogP contribution < -0.4 is 10.2 Å². The fraction of sp³-hybridized carbons (Fsp3) is 0.320. The first-order chi connectivity index (χ1) is 15.2. The van der Waals surface area contributed by atoms with Gasteiger partial charge in [0.2, 0.25) is 0 Å². The third kappa shape index (κ3) is 4.59. The second-order valence-electron chi connectivity index (χ2n) is 8.38. The lowest BCUT2D eigenvalue weighted by molar-refractivity contribution is 0.0623. The first kappa shape index (κ1) is 19.7. The molecule has 2 aromatic carbocycles. The predicted molar refractivity (Wildman–Crippen MR) is 120 cm³/mol. The van der Waals surface area contributed by atoms with E-state index in [9.17, 15) is 0 Å². The summed E-state index contributed by atoms with van der Waals surface area (Å²) in [7, 11) is 0. The second kappa shape index (κ2) is 8.47. The Morgan fingerprint density at radius 3 is 2.74 bits per heavy atom. The van der Waals surface area contributed by atoms with Crippen molar-refractivity contribution < 1.29 is 9.57 Å². The van der Waals surface area contributed by atoms with Gasteiger partial charge in [-0.25, -0.2) is 5.48 Å². The number of hydrogen-bond donors (Lipinski definition) is 1. The molecule has 1 fully saturated rings. The van der Waals surface area contributed by atoms with E-state index in [1.165, 1.54) is 35.1 Å². The van der Waals surface area contributed by atoms with Gasteiger partial charge in [0.1, 0.15) is 5.75 Å². The van der Waals surface area contributed by atoms with Gasteiger partial charge in [-0.3, -0.25) is 9.83 Å². The average molecular weight is 415 g/mol. The van der Waals surface area contributed by atoms with E-state index in [1.807, 2.05) is 12.1 Å². The molecule has 3 aromatic rings. The van der Waals surface area contributed by atoms with E-state index in [2.05, 4.69) is 59.9 Å². The molecule has 0 bridgehead atoms. The van der Waals surface area contributed by atoms with E-state index >= 15 is 0 Å². The van der Waals surface area contributed by atoms with E-state index in [1.54, 1.807) is 12.4 Å². The van der Waals surface area contributed by atoms with Gasteiger partial charge in [-0.15, -0.1) is 0 Å². The predicted octanol–water partition coefficient (Wildman–Crippen LogP) is 4.66. The summed E-state index contributed by atoms with van der Waals surface area (Å²) in [5.74, 6) is 2.68. The summed E-state index contributed by atoms with van der Waals surface area (Å²) in [6.07, 6.45) is 6.60. The maximum Gasteiger partial charge on any atom is 0.160 e. The first-order valence-electron chi connectivity index (χ1n) is 10.8. The first-order valence-corrected chi connectivity index (χ1v) is 10.8. The lowest BCUT2D eigenvalue weighted by atomic mass is 10.0. The van der Waals surface area contributed by atoms with Crippen LogP contribution in [0.15, 0.2) is 59.9 Å². The Hall–Kier alpha value is -3.25. The van der Waals surface area contributed by atoms with Gasteiger partial charge in [-0.05, 0) is 73.4 Å². The number of hydrogen-bond acceptors (Lipinski definition) is 6. The smallest absolute Gasteiger partial charge is 0.160 e. The van der Waals surface area contributed by atoms with Crippen molar-refractivity contribution in [2.75, 3.05) is 6.61 Å². The van der Waals surface area contributed by atoms with Crippen molar-refractivity contribution in [3.63, 3.8) is 0 Å². The Bertz CT molecular complexity index is 1120. The molecule has 1 aliphatic carbocycles. The van der Waals surface area contributed by atoms with Gasteiger partial charge in [0.15, 0.2) is 11.6 Å². The summed E-state index contributed by atoms with van der Waals surface area (Å²) in [5.41, 5.74) is 8.84. The molecule has 31 heavy (non-hydrogen) atoms. The van der Waals surface area contributed by atoms with Crippen molar-refractivity contribution in [1.82, 2.24) is 15.7 Å². The number of rotatable bonds is 6. The maximum atomic E-state index is 6.18. The molecular formula is C25H26N4O2. The Morgan fingerprint density at radius 1 is 1.03 bits per heavy atom. The molecule has 6 heteroatoms. The van der Waals surface area contributed by atoms with Crippen LogP contribution in [0.2, 0.25) is 0 Å². The lowest BCUT2D eigenvalue weighted by Gasteiger charge is -2.23. The highest BCUT2D eigenvalue weighted by molar-refractivity contribution is 6.00. The van der Waals surface area contributed by atoms with Crippen LogP contribution >= 0.6 is 0 Å². The van der Waals surface area contributed by atoms with Crippen molar-refractivity contribution in [3.8, 4) is 11.5 Å². The number of benzene rings is 2. The number of aromatic nitrogens is 2. The zero-order valence-electron chi connectivity index (χ0n) is 17.8. The van der Waals surface area contributed by atoms with E-state index in [-0.39, 0.29) is 6.04 Å². The minimum absolute atomic E-state index is 0.0116. The van der Waals surface area contributed by atoms with Crippen LogP contribution in [0.1, 0.15) is 46.6 Å². The Labute approximate surface area is 182 Å². The van der Waals surface area contributed by atoms with E-state index < -0.39 is 0 Å². The van der Waals surface area contributed by atoms with Gasteiger partial charge in [-0.1, -0.05) is 30.3 Å². The zero-order chi connectivity index (χ0) is 21.2. The number of aryl methyl sites for hydroxylation is 2. The molecule has 1 aliphatic heterocycles. The fourth-order valence-electron chi connectivity index (χ4n) is 3.83. The van der Waals surface area contributed by atoms with Crippen LogP contribution in [0.5, 0.6) is 11.5 Å². The molecule has 2 aliphatic rings. The number of nitrogens with zero attached hydrogens (tertiary/aromatic N) is 3. The Balaban J connectivity index is 1.38. The third-order valence-electron chi connectivity index (χ3n) is 5.88. The van der Waals surface area contributed by atoms with Gasteiger partial charge >= 0.3 is 0 Å². The fourth-order valence-corrected chi connectivity index (χ4v) is 3.83. The minimum atomic E-state index is 0.0116. The van der Waals surface area contributed by atoms with Crippen LogP contribution in [0.3, 0.4) is 0 Å². The highest BCUT2D eigenvalue weighted by Crippen LogP contribution is 2.41. The van der Waals surface area contributed by atoms with Crippen LogP contribution in [0, 0.1) is 13.8 Å². The second-order valence-corrected chi connectivity index (χ2v) is 8.38. The lowest BCUT2D eigenvalue weighted by Crippen LogP contribution is -2.36. The normalized spacial score (nSPS) is 18.3. The molecule has 0 unspecified atom stereocenters. The van der Waals surface area contributed by atoms with E-state index in [0.29, 0.717) is 24.1 Å². The largest absolute Gasteiger partial charge is 0.455 e. The molecule has 0 amide bonds. The van der Waals surface area contributed by atoms with Crippen LogP contribution in [-0.2, 0) is 11.3 Å². The number of aliphatic imine (C=N–C) groups is 1. The van der Waals surface area contributed by atoms with Crippen molar-refractivity contribution in [2.24, 2.45) is 4.99 Å². The summed E-state index contributed by atoms with van der Waals surface area (Å²) < 4.78 is 6.18. The molecule has 0 radical (unpaired) electrons. The molecule has 1 N–H and O–H groups in total. The average Bonchev–Trinajstić information content (AvgIpc) is 3.63. The molecule has 2 heterocycles. The number of nitrogens with one attached hydrogen (secondary N) is 1. The summed E-state index contributed by atoms with van der Waals surface area (Å²) in [5, 5.41) is 8.05. The Morgan fingerprint density at radius 2 is 1.90 bits per heavy atom. The van der Waals surface area contributed by atoms with Crippen molar-refractivity contribution in [2.45, 2.75) is 45.1 Å². The number of ether oxygens (including phenoxy) is 1. The number of amidine groups is 1. The summed E-state index contributed by atoms with van der Waals surface area (Å²) in [6.45, 7) is 4.77. The van der Waals surface area contributed by atoms with Gasteiger partial charge < -0.3 is 4.74 Å². The van der Waals surface area contributed by atoms with Crippen molar-refractivity contribution in [3.05, 3.63) is 82.7 Å². The SMILES string of the molecule is Cc1ccc(C[C@@H]2CONC(c3cnncc3Oc3cccc(C4CC4)c3)=N2)cc1C. The van der Waals surface area contributed by atoms with Crippen molar-refractivity contribution in [1.29, 1.82) is 0 Å². The monoisotopic (exact) mass is 414 g/mol. The van der Waals surface area contributed by atoms with Crippen molar-refractivity contribution >= 4 is 5.84 Å². The van der Waals surface area contributed by atoms with E-state index in [0.717, 1.165) is 17.7 Å². The highest BCUT2D eigenvalue weighted by atomic mass is 16.6. The van der Waals surface area contributed by atoms with Gasteiger partial charge in [-0.2, -0.15) is 10.2 Å². The van der Waals surface area contributed by atoms with Crippen LogP contribution in [0.25, 0.3) is 0 Å². The maximum absolute atomic E-state index is 6.18. The van der Waals surface area contributed by atoms with Gasteiger partial charge in [0.05, 0.1) is 30.6 Å². The van der Waals surface area contributed by atoms with Gasteiger partial charge in [0, 0.05) is 0 Å². The molecule has 1 atom stereocenters. The number of hydroxylamine groups is 1. The topological polar surface area (TPSA) is 68.6 Å². The molecule has 1 saturated carbocycles. The molecular weight excluding hydrogens is 388 g/mol. The van der Waals surface area contributed by atoms with Gasteiger partial charge in [0.25, 0.3) is 0 Å². The molecule has 158 valence electrons. The summed E-state index contributed by atoms with van der Waals surface area (Å²) in [4.78, 5) is 10.5.